The number of nitrogens with one attached hydrogen (secondary N) is 1. The molecule has 19 heavy (non-hydrogen) atoms. The number of sulfonamides is 1. The van der Waals surface area contributed by atoms with Gasteiger partial charge in [-0.2, -0.15) is 9.97 Å². The number of hydrogen-bond donors (Lipinski definition) is 4. The Bertz CT molecular complexity index is 678. The van der Waals surface area contributed by atoms with Crippen LogP contribution < -0.4 is 21.9 Å². The van der Waals surface area contributed by atoms with Gasteiger partial charge in [0, 0.05) is 11.8 Å². The third-order valence-electron chi connectivity index (χ3n) is 2.18. The Hall–Kier alpha value is -2.55. The van der Waals surface area contributed by atoms with E-state index in [1.54, 1.807) is 0 Å². The molecule has 2 rings (SSSR count). The van der Waals surface area contributed by atoms with Gasteiger partial charge < -0.3 is 17.2 Å². The molecular formula is C10H12N6O2S. The van der Waals surface area contributed by atoms with Crippen LogP contribution in [0.3, 0.4) is 0 Å². The Morgan fingerprint density at radius 2 is 1.47 bits per heavy atom. The van der Waals surface area contributed by atoms with Gasteiger partial charge in [0.25, 0.3) is 10.0 Å². The number of nitrogens with zero attached hydrogens (tertiary/aromatic N) is 2. The molecule has 0 atom stereocenters. The van der Waals surface area contributed by atoms with Crippen LogP contribution in [0.4, 0.5) is 23.3 Å². The Morgan fingerprint density at radius 1 is 0.947 bits per heavy atom. The molecule has 0 spiro atoms. The van der Waals surface area contributed by atoms with Crippen LogP contribution in [-0.4, -0.2) is 18.4 Å². The Balaban J connectivity index is 2.33. The highest BCUT2D eigenvalue weighted by Crippen LogP contribution is 2.16. The third-order valence-corrected chi connectivity index (χ3v) is 3.53. The number of nitrogen functional groups attached to an aromatic ring is 3. The summed E-state index contributed by atoms with van der Waals surface area (Å²) in [6.07, 6.45) is 0. The van der Waals surface area contributed by atoms with E-state index in [1.807, 2.05) is 0 Å². The lowest BCUT2D eigenvalue weighted by molar-refractivity contribution is 0.601. The Labute approximate surface area is 109 Å². The zero-order valence-corrected chi connectivity index (χ0v) is 10.6. The average molecular weight is 280 g/mol. The maximum absolute atomic E-state index is 12.0. The van der Waals surface area contributed by atoms with Crippen LogP contribution in [0.5, 0.6) is 0 Å². The minimum Gasteiger partial charge on any atom is -0.399 e. The first-order valence-corrected chi connectivity index (χ1v) is 6.63. The molecule has 1 aromatic heterocycles. The van der Waals surface area contributed by atoms with Crippen molar-refractivity contribution in [3.05, 3.63) is 30.3 Å². The quantitative estimate of drug-likeness (QED) is 0.579. The van der Waals surface area contributed by atoms with Crippen molar-refractivity contribution in [2.45, 2.75) is 4.90 Å². The van der Waals surface area contributed by atoms with E-state index in [1.165, 1.54) is 30.3 Å². The van der Waals surface area contributed by atoms with E-state index >= 15 is 0 Å². The first kappa shape index (κ1) is 12.9. The second-order valence-electron chi connectivity index (χ2n) is 3.72. The van der Waals surface area contributed by atoms with Gasteiger partial charge in [-0.15, -0.1) is 0 Å². The fraction of sp³-hybridized carbons (Fsp3) is 0. The van der Waals surface area contributed by atoms with Gasteiger partial charge in [0.2, 0.25) is 5.95 Å². The van der Waals surface area contributed by atoms with E-state index < -0.39 is 10.0 Å². The van der Waals surface area contributed by atoms with Crippen LogP contribution in [0.2, 0.25) is 0 Å². The molecule has 0 aliphatic rings. The summed E-state index contributed by atoms with van der Waals surface area (Å²) >= 11 is 0. The molecule has 0 saturated heterocycles. The molecule has 0 aliphatic heterocycles. The Morgan fingerprint density at radius 3 is 2.00 bits per heavy atom. The van der Waals surface area contributed by atoms with E-state index in [2.05, 4.69) is 14.7 Å². The number of benzene rings is 1. The molecular weight excluding hydrogens is 268 g/mol. The van der Waals surface area contributed by atoms with Crippen molar-refractivity contribution in [3.8, 4) is 0 Å². The van der Waals surface area contributed by atoms with Gasteiger partial charge in [-0.1, -0.05) is 0 Å². The van der Waals surface area contributed by atoms with Crippen molar-refractivity contribution in [2.24, 2.45) is 0 Å². The molecule has 0 radical (unpaired) electrons. The number of rotatable bonds is 3. The van der Waals surface area contributed by atoms with Gasteiger partial charge in [-0.05, 0) is 24.3 Å². The van der Waals surface area contributed by atoms with Gasteiger partial charge in [-0.3, -0.25) is 0 Å². The molecule has 8 nitrogen and oxygen atoms in total. The maximum Gasteiger partial charge on any atom is 0.264 e. The third kappa shape index (κ3) is 3.01. The molecule has 0 amide bonds. The normalized spacial score (nSPS) is 11.2. The smallest absolute Gasteiger partial charge is 0.264 e. The highest BCUT2D eigenvalue weighted by Gasteiger charge is 2.15. The molecule has 0 aliphatic carbocycles. The van der Waals surface area contributed by atoms with E-state index in [-0.39, 0.29) is 22.5 Å². The number of hydrogen-bond acceptors (Lipinski definition) is 7. The summed E-state index contributed by atoms with van der Waals surface area (Å²) in [5.41, 5.74) is 16.9. The molecule has 1 aromatic carbocycles. The standard InChI is InChI=1S/C10H12N6O2S/c11-6-1-3-7(4-2-6)19(17,18)16-10-14-8(12)5-9(13)15-10/h1-5H,11H2,(H5,12,13,14,15,16). The topological polar surface area (TPSA) is 150 Å². The summed E-state index contributed by atoms with van der Waals surface area (Å²) in [6, 6.07) is 7.01. The van der Waals surface area contributed by atoms with Crippen molar-refractivity contribution in [1.82, 2.24) is 9.97 Å². The zero-order chi connectivity index (χ0) is 14.0. The van der Waals surface area contributed by atoms with Crippen molar-refractivity contribution in [3.63, 3.8) is 0 Å². The molecule has 0 saturated carbocycles. The Kier molecular flexibility index (Phi) is 3.13. The summed E-state index contributed by atoms with van der Waals surface area (Å²) in [5, 5.41) is 0. The van der Waals surface area contributed by atoms with Crippen LogP contribution >= 0.6 is 0 Å². The molecule has 0 bridgehead atoms. The maximum atomic E-state index is 12.0. The van der Waals surface area contributed by atoms with Gasteiger partial charge in [-0.25, -0.2) is 13.1 Å². The van der Waals surface area contributed by atoms with Crippen molar-refractivity contribution >= 4 is 33.3 Å². The lowest BCUT2D eigenvalue weighted by Crippen LogP contribution is -2.16. The van der Waals surface area contributed by atoms with Crippen LogP contribution in [0.1, 0.15) is 0 Å². The molecule has 2 aromatic rings. The zero-order valence-electron chi connectivity index (χ0n) is 9.74. The molecule has 1 heterocycles. The molecule has 7 N–H and O–H groups in total. The summed E-state index contributed by atoms with van der Waals surface area (Å²) in [5.74, 6) is -0.0423. The van der Waals surface area contributed by atoms with Gasteiger partial charge >= 0.3 is 0 Å². The highest BCUT2D eigenvalue weighted by molar-refractivity contribution is 7.92. The first-order valence-electron chi connectivity index (χ1n) is 5.15. The predicted molar refractivity (Wildman–Crippen MR) is 72.5 cm³/mol. The fourth-order valence-corrected chi connectivity index (χ4v) is 2.30. The summed E-state index contributed by atoms with van der Waals surface area (Å²) in [7, 11) is -3.81. The number of anilines is 4. The van der Waals surface area contributed by atoms with Crippen LogP contribution in [0.25, 0.3) is 0 Å². The average Bonchev–Trinajstić information content (AvgIpc) is 2.27. The first-order chi connectivity index (χ1) is 8.87. The molecule has 9 heteroatoms. The summed E-state index contributed by atoms with van der Waals surface area (Å²) in [4.78, 5) is 7.50. The van der Waals surface area contributed by atoms with Crippen molar-refractivity contribution in [1.29, 1.82) is 0 Å². The van der Waals surface area contributed by atoms with Gasteiger partial charge in [0.05, 0.1) is 4.90 Å². The van der Waals surface area contributed by atoms with Gasteiger partial charge in [0.15, 0.2) is 0 Å². The lowest BCUT2D eigenvalue weighted by atomic mass is 10.3. The minimum absolute atomic E-state index is 0.0336. The van der Waals surface area contributed by atoms with E-state index in [0.717, 1.165) is 0 Å². The van der Waals surface area contributed by atoms with Crippen molar-refractivity contribution in [2.75, 3.05) is 21.9 Å². The predicted octanol–water partition coefficient (Wildman–Crippen LogP) is 0.0240. The van der Waals surface area contributed by atoms with Crippen LogP contribution in [0.15, 0.2) is 35.2 Å². The highest BCUT2D eigenvalue weighted by atomic mass is 32.2. The summed E-state index contributed by atoms with van der Waals surface area (Å²) < 4.78 is 26.2. The van der Waals surface area contributed by atoms with Crippen LogP contribution in [-0.2, 0) is 10.0 Å². The second kappa shape index (κ2) is 4.61. The van der Waals surface area contributed by atoms with Crippen molar-refractivity contribution < 1.29 is 8.42 Å². The number of nitrogens with two attached hydrogens (primary N) is 3. The van der Waals surface area contributed by atoms with E-state index in [9.17, 15) is 8.42 Å². The van der Waals surface area contributed by atoms with Crippen LogP contribution in [0, 0.1) is 0 Å². The largest absolute Gasteiger partial charge is 0.399 e. The molecule has 0 unspecified atom stereocenters. The molecule has 0 fully saturated rings. The lowest BCUT2D eigenvalue weighted by Gasteiger charge is -2.07. The monoisotopic (exact) mass is 280 g/mol. The van der Waals surface area contributed by atoms with Gasteiger partial charge in [0.1, 0.15) is 11.6 Å². The summed E-state index contributed by atoms with van der Waals surface area (Å²) in [6.45, 7) is 0. The van der Waals surface area contributed by atoms with E-state index in [4.69, 9.17) is 17.2 Å². The molecule has 100 valence electrons. The second-order valence-corrected chi connectivity index (χ2v) is 5.40. The SMILES string of the molecule is Nc1ccc(S(=O)(=O)Nc2nc(N)cc(N)n2)cc1. The minimum atomic E-state index is -3.81. The fourth-order valence-electron chi connectivity index (χ4n) is 1.36. The number of aromatic nitrogens is 2. The van der Waals surface area contributed by atoms with E-state index in [0.29, 0.717) is 5.69 Å².